The number of ether oxygens (including phenoxy) is 8. The van der Waals surface area contributed by atoms with Gasteiger partial charge in [-0.3, -0.25) is 43.2 Å². The van der Waals surface area contributed by atoms with E-state index < -0.39 is 95.4 Å². The summed E-state index contributed by atoms with van der Waals surface area (Å²) in [5.74, 6) is -6.33. The van der Waals surface area contributed by atoms with Gasteiger partial charge in [-0.2, -0.15) is 13.2 Å². The van der Waals surface area contributed by atoms with E-state index in [1.807, 2.05) is 44.2 Å². The number of aryl methyl sites for hydroxylation is 2. The third-order valence-electron chi connectivity index (χ3n) is 22.7. The number of amides is 12. The Morgan fingerprint density at radius 1 is 0.652 bits per heavy atom. The van der Waals surface area contributed by atoms with Crippen molar-refractivity contribution in [2.75, 3.05) is 165 Å². The smallest absolute Gasteiger partial charge is 0.418 e. The number of urea groups is 1. The molecular formula is C96H103ClF3N13O20S2. The van der Waals surface area contributed by atoms with E-state index >= 15 is 13.2 Å². The van der Waals surface area contributed by atoms with Crippen molar-refractivity contribution in [3.8, 4) is 11.5 Å². The van der Waals surface area contributed by atoms with Crippen molar-refractivity contribution in [3.63, 3.8) is 0 Å². The van der Waals surface area contributed by atoms with E-state index in [2.05, 4.69) is 26.3 Å². The molecule has 39 heteroatoms. The van der Waals surface area contributed by atoms with Gasteiger partial charge in [0.05, 0.1) is 97.9 Å². The summed E-state index contributed by atoms with van der Waals surface area (Å²) in [6.45, 7) is 9.95. The van der Waals surface area contributed by atoms with Crippen LogP contribution in [0.5, 0.6) is 11.5 Å². The maximum atomic E-state index is 15.1. The van der Waals surface area contributed by atoms with E-state index in [1.165, 1.54) is 30.0 Å². The molecule has 6 heterocycles. The average Bonchev–Trinajstić information content (AvgIpc) is 1.58. The number of ketones is 1. The van der Waals surface area contributed by atoms with Crippen molar-refractivity contribution in [1.29, 1.82) is 0 Å². The average molecular weight is 1920 g/mol. The molecule has 135 heavy (non-hydrogen) atoms. The fourth-order valence-corrected chi connectivity index (χ4v) is 17.7. The third kappa shape index (κ3) is 25.8. The van der Waals surface area contributed by atoms with Gasteiger partial charge in [0.15, 0.2) is 5.78 Å². The number of anilines is 4. The second-order valence-electron chi connectivity index (χ2n) is 32.7. The highest BCUT2D eigenvalue weighted by molar-refractivity contribution is 8.08. The summed E-state index contributed by atoms with van der Waals surface area (Å²) in [7, 11) is 3.02. The van der Waals surface area contributed by atoms with Crippen molar-refractivity contribution in [3.05, 3.63) is 224 Å². The highest BCUT2D eigenvalue weighted by Crippen LogP contribution is 2.50. The number of Topliss-reactive ketones (excluding diaryl/α,β-unsaturated/α-hetero) is 1. The van der Waals surface area contributed by atoms with Crippen LogP contribution in [0.15, 0.2) is 184 Å². The third-order valence-corrected chi connectivity index (χ3v) is 25.4. The predicted molar refractivity (Wildman–Crippen MR) is 498 cm³/mol. The van der Waals surface area contributed by atoms with Gasteiger partial charge in [0.25, 0.3) is 35.4 Å². The number of primary amides is 1. The van der Waals surface area contributed by atoms with Gasteiger partial charge in [0.1, 0.15) is 42.7 Å². The van der Waals surface area contributed by atoms with Gasteiger partial charge >= 0.3 is 24.4 Å². The number of hydrogen-bond donors (Lipinski definition) is 5. The monoisotopic (exact) mass is 1910 g/mol. The van der Waals surface area contributed by atoms with E-state index in [1.54, 1.807) is 148 Å². The van der Waals surface area contributed by atoms with Crippen molar-refractivity contribution in [2.24, 2.45) is 17.6 Å². The first-order valence-electron chi connectivity index (χ1n) is 43.8. The normalized spacial score (nSPS) is 14.9. The number of pyridine rings is 1. The zero-order chi connectivity index (χ0) is 96.1. The minimum atomic E-state index is -5.09. The van der Waals surface area contributed by atoms with Crippen molar-refractivity contribution >= 4 is 146 Å². The maximum Gasteiger partial charge on any atom is 0.418 e. The number of thioether (sulfide) groups is 2. The quantitative estimate of drug-likeness (QED) is 0.0135. The van der Waals surface area contributed by atoms with Gasteiger partial charge in [0, 0.05) is 147 Å². The first-order chi connectivity index (χ1) is 64.9. The molecule has 0 spiro atoms. The van der Waals surface area contributed by atoms with Gasteiger partial charge < -0.3 is 93.8 Å². The fraction of sp³-hybridized carbons (Fsp3) is 0.365. The van der Waals surface area contributed by atoms with Crippen LogP contribution < -0.4 is 46.3 Å². The lowest BCUT2D eigenvalue weighted by atomic mass is 9.89. The largest absolute Gasteiger partial charge is 0.491 e. The molecule has 0 bridgehead atoms. The first-order valence-corrected chi connectivity index (χ1v) is 45.9. The van der Waals surface area contributed by atoms with Crippen LogP contribution in [0.1, 0.15) is 108 Å². The van der Waals surface area contributed by atoms with E-state index in [4.69, 9.17) is 55.2 Å². The number of carbonyl (C=O) groups excluding carboxylic acids is 12. The van der Waals surface area contributed by atoms with Crippen LogP contribution in [-0.4, -0.2) is 251 Å². The van der Waals surface area contributed by atoms with E-state index in [9.17, 15) is 57.5 Å². The molecule has 712 valence electrons. The number of fused-ring (bicyclic) bond motifs is 4. The Balaban J connectivity index is 0.531. The molecule has 0 radical (unpaired) electrons. The lowest BCUT2D eigenvalue weighted by Crippen LogP contribution is -2.47. The van der Waals surface area contributed by atoms with E-state index in [-0.39, 0.29) is 148 Å². The number of hydrogen-bond acceptors (Lipinski definition) is 23. The molecule has 6 N–H and O–H groups in total. The molecule has 9 aromatic rings. The first kappa shape index (κ1) is 99.5. The second kappa shape index (κ2) is 46.3. The number of rotatable bonds is 40. The van der Waals surface area contributed by atoms with Gasteiger partial charge in [0.2, 0.25) is 11.8 Å². The minimum absolute atomic E-state index is 0.0130. The van der Waals surface area contributed by atoms with Crippen LogP contribution in [0.25, 0.3) is 16.4 Å². The molecule has 0 unspecified atom stereocenters. The SMILES string of the molecule is Cc1ccc(C(=O)Nc2ccc3nc(C(=O)N4C[C@@H](CCl)c5c4cc(OC(=O)N(C)CCN(C)C(=O)OCc4ccc(NC(=O)[C@H](CCCNC(N)=O)CC(=O)[C@@H](NC(=O)COCCOCCOCCOc6ccc(N7C(=O)C(Sc8ccc(C(=O)N9CCOCC9)cc8)=C(Sc8ccc(C(=O)N9CCOCC9)cc8)C7=O)c(C(F)(F)F)c6)C(C)C)cc4)c4cccc(C)c54)cn3c2)cc1. The Bertz CT molecular complexity index is 5810. The molecule has 3 atom stereocenters. The molecule has 4 aliphatic rings. The second-order valence-corrected chi connectivity index (χ2v) is 35.2. The summed E-state index contributed by atoms with van der Waals surface area (Å²) in [5.41, 5.74) is 9.64. The summed E-state index contributed by atoms with van der Waals surface area (Å²) in [4.78, 5) is 176. The molecule has 2 fully saturated rings. The van der Waals surface area contributed by atoms with Gasteiger partial charge in [-0.25, -0.2) is 24.3 Å². The zero-order valence-corrected chi connectivity index (χ0v) is 77.4. The van der Waals surface area contributed by atoms with Crippen molar-refractivity contribution < 1.29 is 109 Å². The Kier molecular flexibility index (Phi) is 34.2. The maximum absolute atomic E-state index is 15.1. The van der Waals surface area contributed by atoms with Gasteiger partial charge in [-0.15, -0.1) is 11.6 Å². The molecule has 2 aromatic heterocycles. The highest BCUT2D eigenvalue weighted by atomic mass is 35.5. The van der Waals surface area contributed by atoms with Crippen LogP contribution in [0.3, 0.4) is 0 Å². The van der Waals surface area contributed by atoms with Gasteiger partial charge in [-0.1, -0.05) is 85.4 Å². The number of imidazole rings is 1. The summed E-state index contributed by atoms with van der Waals surface area (Å²) >= 11 is 8.36. The number of morpholine rings is 2. The lowest BCUT2D eigenvalue weighted by Gasteiger charge is -2.26. The fourth-order valence-electron chi connectivity index (χ4n) is 15.4. The Morgan fingerprint density at radius 2 is 1.24 bits per heavy atom. The number of aromatic nitrogens is 2. The lowest BCUT2D eigenvalue weighted by molar-refractivity contribution is -0.137. The number of likely N-dealkylation sites (N-methyl/N-ethyl adjacent to an activating group) is 2. The number of halogens is 4. The molecule has 2 saturated heterocycles. The van der Waals surface area contributed by atoms with Crippen molar-refractivity contribution in [1.82, 2.24) is 39.6 Å². The Morgan fingerprint density at radius 3 is 1.83 bits per heavy atom. The van der Waals surface area contributed by atoms with Gasteiger partial charge in [-0.05, 0) is 158 Å². The number of nitrogens with two attached hydrogens (primary N) is 1. The predicted octanol–water partition coefficient (Wildman–Crippen LogP) is 12.9. The summed E-state index contributed by atoms with van der Waals surface area (Å²) in [5, 5.41) is 12.3. The standard InChI is InChI=1S/C96H103ClF3N13O20S2/c1-58(2)83(106-80(115)57-130-46-45-128-43-44-129-47-48-131-69-25-30-75(73(50-69)96(98,99)100)113-91(121)84(134-70-26-18-63(19-27-70)88(118)109-35-39-126-40-36-109)85(92(113)122)135-71-28-20-64(21-29-71)89(119)110-37-41-127-42-38-110)77(114)49-65(10-8-32-102-93(101)123)87(117)103-67-22-14-61(15-23-67)56-132-94(124)107(5)33-34-108(6)95(125)133-78-51-76-82(81-60(4)9-7-11-72(78)81)66(52-97)53-112(76)90(120)74-55-111-54-68(24-31-79(111)105-74)104-86(116)62-16-12-59(3)13-17-62/h7,9,11-31,50-51,54-55,58,65-66,83H,8,10,32-49,52-53,56-57H2,1-6H3,(H,103,117)(H,104,116)(H,106,115)(H3,101,102,123)/t65-,66-,83+/m1/s1. The van der Waals surface area contributed by atoms with E-state index in [0.717, 1.165) is 51.7 Å². The molecule has 0 aliphatic carbocycles. The van der Waals surface area contributed by atoms with Crippen LogP contribution >= 0.6 is 35.1 Å². The number of imide groups is 1. The topological polar surface area (TPSA) is 390 Å². The van der Waals surface area contributed by atoms with Crippen molar-refractivity contribution in [2.45, 2.75) is 81.5 Å². The van der Waals surface area contributed by atoms with Crippen LogP contribution in [0.2, 0.25) is 0 Å². The highest BCUT2D eigenvalue weighted by Gasteiger charge is 2.46. The molecule has 4 aliphatic heterocycles. The zero-order valence-electron chi connectivity index (χ0n) is 75.0. The molecule has 13 rings (SSSR count). The minimum Gasteiger partial charge on any atom is -0.491 e. The number of carbonyl (C=O) groups is 12. The van der Waals surface area contributed by atoms with Crippen LogP contribution in [0.4, 0.5) is 50.3 Å². The van der Waals surface area contributed by atoms with E-state index in [0.29, 0.717) is 124 Å². The Labute approximate surface area is 789 Å². The Hall–Kier alpha value is -13.0. The molecule has 7 aromatic carbocycles. The number of alkyl halides is 4. The molecule has 0 saturated carbocycles. The number of benzene rings is 7. The van der Waals surface area contributed by atoms with Crippen LogP contribution in [-0.2, 0) is 65.2 Å². The van der Waals surface area contributed by atoms with Crippen LogP contribution in [0, 0.1) is 25.7 Å². The molecule has 12 amide bonds. The number of nitrogens with zero attached hydrogens (tertiary/aromatic N) is 8. The summed E-state index contributed by atoms with van der Waals surface area (Å²) in [6.07, 6.45) is -3.18. The number of nitrogens with one attached hydrogen (secondary N) is 4. The molecular weight excluding hydrogens is 1810 g/mol. The molecule has 33 nitrogen and oxygen atoms in total. The summed E-state index contributed by atoms with van der Waals surface area (Å²) in [6, 6.07) is 37.9. The summed E-state index contributed by atoms with van der Waals surface area (Å²) < 4.78 is 91.9.